The fraction of sp³-hybridized carbons (Fsp3) is 0.105. The van der Waals surface area contributed by atoms with Gasteiger partial charge >= 0.3 is 5.97 Å². The Morgan fingerprint density at radius 3 is 2.81 bits per heavy atom. The third kappa shape index (κ3) is 3.14. The largest absolute Gasteiger partial charge is 0.497 e. The van der Waals surface area contributed by atoms with Gasteiger partial charge in [-0.3, -0.25) is 0 Å². The maximum absolute atomic E-state index is 12.2. The number of nitrogens with one attached hydrogen (secondary N) is 1. The number of benzene rings is 2. The second-order valence-electron chi connectivity index (χ2n) is 5.62. The standard InChI is InChI=1S/C19H15N3O4/c1-24-15-5-2-12(3-6-15)18-9-14(22-26-18)10-25-19(23)13-4-7-16-17(8-13)21-11-20-16/h2-9,11H,10H2,1H3,(H,20,21). The highest BCUT2D eigenvalue weighted by molar-refractivity contribution is 5.93. The molecule has 0 radical (unpaired) electrons. The number of carbonyl (C=O) groups is 1. The van der Waals surface area contributed by atoms with Crippen LogP contribution in [-0.4, -0.2) is 28.2 Å². The van der Waals surface area contributed by atoms with Crippen LogP contribution < -0.4 is 4.74 Å². The molecule has 0 aliphatic rings. The maximum Gasteiger partial charge on any atom is 0.338 e. The molecule has 2 aromatic heterocycles. The topological polar surface area (TPSA) is 90.2 Å². The molecule has 4 rings (SSSR count). The van der Waals surface area contributed by atoms with Gasteiger partial charge in [-0.05, 0) is 42.5 Å². The van der Waals surface area contributed by atoms with E-state index in [1.807, 2.05) is 24.3 Å². The Kier molecular flexibility index (Phi) is 4.10. The lowest BCUT2D eigenvalue weighted by molar-refractivity contribution is 0.0464. The number of nitrogens with zero attached hydrogens (tertiary/aromatic N) is 2. The van der Waals surface area contributed by atoms with Crippen LogP contribution in [0.1, 0.15) is 16.1 Å². The Balaban J connectivity index is 1.42. The molecular weight excluding hydrogens is 334 g/mol. The zero-order valence-corrected chi connectivity index (χ0v) is 13.9. The number of aromatic amines is 1. The Morgan fingerprint density at radius 2 is 2.00 bits per heavy atom. The SMILES string of the molecule is COc1ccc(-c2cc(COC(=O)c3ccc4nc[nH]c4c3)no2)cc1. The molecule has 0 bridgehead atoms. The summed E-state index contributed by atoms with van der Waals surface area (Å²) in [4.78, 5) is 19.3. The van der Waals surface area contributed by atoms with Crippen molar-refractivity contribution < 1.29 is 18.8 Å². The van der Waals surface area contributed by atoms with Gasteiger partial charge in [-0.25, -0.2) is 9.78 Å². The molecule has 0 spiro atoms. The van der Waals surface area contributed by atoms with Crippen molar-refractivity contribution in [2.24, 2.45) is 0 Å². The molecule has 0 fully saturated rings. The average Bonchev–Trinajstić information content (AvgIpc) is 3.35. The van der Waals surface area contributed by atoms with Crippen molar-refractivity contribution in [3.8, 4) is 17.1 Å². The molecule has 26 heavy (non-hydrogen) atoms. The maximum atomic E-state index is 12.2. The van der Waals surface area contributed by atoms with Crippen LogP contribution in [0.2, 0.25) is 0 Å². The number of imidazole rings is 1. The molecule has 4 aromatic rings. The van der Waals surface area contributed by atoms with Crippen molar-refractivity contribution in [1.29, 1.82) is 0 Å². The summed E-state index contributed by atoms with van der Waals surface area (Å²) in [5, 5.41) is 3.94. The number of H-pyrrole nitrogens is 1. The lowest BCUT2D eigenvalue weighted by atomic mass is 10.1. The van der Waals surface area contributed by atoms with Crippen molar-refractivity contribution in [3.05, 3.63) is 66.1 Å². The molecular formula is C19H15N3O4. The zero-order chi connectivity index (χ0) is 17.9. The van der Waals surface area contributed by atoms with E-state index in [9.17, 15) is 4.79 Å². The van der Waals surface area contributed by atoms with Gasteiger partial charge < -0.3 is 19.0 Å². The number of fused-ring (bicyclic) bond motifs is 1. The first-order valence-corrected chi connectivity index (χ1v) is 7.93. The summed E-state index contributed by atoms with van der Waals surface area (Å²) in [5.41, 5.74) is 3.41. The molecule has 2 heterocycles. The fourth-order valence-corrected chi connectivity index (χ4v) is 2.56. The summed E-state index contributed by atoms with van der Waals surface area (Å²) >= 11 is 0. The third-order valence-electron chi connectivity index (χ3n) is 3.94. The smallest absolute Gasteiger partial charge is 0.338 e. The van der Waals surface area contributed by atoms with Crippen LogP contribution in [0.3, 0.4) is 0 Å². The van der Waals surface area contributed by atoms with Gasteiger partial charge in [-0.2, -0.15) is 0 Å². The van der Waals surface area contributed by atoms with Crippen molar-refractivity contribution in [2.75, 3.05) is 7.11 Å². The minimum atomic E-state index is -0.435. The van der Waals surface area contributed by atoms with Crippen LogP contribution in [0.4, 0.5) is 0 Å². The van der Waals surface area contributed by atoms with E-state index in [2.05, 4.69) is 15.1 Å². The highest BCUT2D eigenvalue weighted by Gasteiger charge is 2.12. The highest BCUT2D eigenvalue weighted by atomic mass is 16.5. The zero-order valence-electron chi connectivity index (χ0n) is 13.9. The molecule has 0 saturated carbocycles. The molecule has 0 atom stereocenters. The number of hydrogen-bond acceptors (Lipinski definition) is 6. The minimum Gasteiger partial charge on any atom is -0.497 e. The predicted molar refractivity (Wildman–Crippen MR) is 93.7 cm³/mol. The molecule has 1 N–H and O–H groups in total. The summed E-state index contributed by atoms with van der Waals surface area (Å²) in [6.45, 7) is 0.0273. The third-order valence-corrected chi connectivity index (χ3v) is 3.94. The molecule has 7 nitrogen and oxygen atoms in total. The van der Waals surface area contributed by atoms with E-state index in [1.165, 1.54) is 0 Å². The first-order chi connectivity index (χ1) is 12.7. The minimum absolute atomic E-state index is 0.0273. The van der Waals surface area contributed by atoms with E-state index in [0.717, 1.165) is 22.3 Å². The predicted octanol–water partition coefficient (Wildman–Crippen LogP) is 3.58. The van der Waals surface area contributed by atoms with Crippen LogP contribution in [0.15, 0.2) is 59.4 Å². The summed E-state index contributed by atoms with van der Waals surface area (Å²) in [5.74, 6) is 0.921. The van der Waals surface area contributed by atoms with Gasteiger partial charge in [0.2, 0.25) is 0 Å². The number of ether oxygens (including phenoxy) is 2. The van der Waals surface area contributed by atoms with Crippen molar-refractivity contribution in [3.63, 3.8) is 0 Å². The average molecular weight is 349 g/mol. The quantitative estimate of drug-likeness (QED) is 0.554. The summed E-state index contributed by atoms with van der Waals surface area (Å²) < 4.78 is 15.8. The molecule has 0 unspecified atom stereocenters. The summed E-state index contributed by atoms with van der Waals surface area (Å²) in [6, 6.07) is 14.3. The van der Waals surface area contributed by atoms with Gasteiger partial charge in [-0.1, -0.05) is 5.16 Å². The van der Waals surface area contributed by atoms with Crippen LogP contribution in [0, 0.1) is 0 Å². The van der Waals surface area contributed by atoms with Gasteiger partial charge in [0, 0.05) is 11.6 Å². The van der Waals surface area contributed by atoms with Crippen molar-refractivity contribution in [2.45, 2.75) is 6.61 Å². The number of esters is 1. The first-order valence-electron chi connectivity index (χ1n) is 7.93. The molecule has 7 heteroatoms. The van der Waals surface area contributed by atoms with Gasteiger partial charge in [0.15, 0.2) is 5.76 Å². The molecule has 2 aromatic carbocycles. The van der Waals surface area contributed by atoms with Crippen LogP contribution in [0.25, 0.3) is 22.4 Å². The van der Waals surface area contributed by atoms with Crippen molar-refractivity contribution >= 4 is 17.0 Å². The van der Waals surface area contributed by atoms with E-state index >= 15 is 0 Å². The lowest BCUT2D eigenvalue weighted by Crippen LogP contribution is -2.05. The van der Waals surface area contributed by atoms with Crippen LogP contribution in [0.5, 0.6) is 5.75 Å². The Hall–Kier alpha value is -3.61. The number of rotatable bonds is 5. The molecule has 0 saturated heterocycles. The number of aromatic nitrogens is 3. The van der Waals surface area contributed by atoms with E-state index in [0.29, 0.717) is 17.0 Å². The molecule has 0 aliphatic carbocycles. The number of methoxy groups -OCH3 is 1. The number of carbonyl (C=O) groups excluding carboxylic acids is 1. The Morgan fingerprint density at radius 1 is 1.15 bits per heavy atom. The van der Waals surface area contributed by atoms with Gasteiger partial charge in [0.1, 0.15) is 18.1 Å². The van der Waals surface area contributed by atoms with E-state index in [-0.39, 0.29) is 6.61 Å². The lowest BCUT2D eigenvalue weighted by Gasteiger charge is -2.02. The number of hydrogen-bond donors (Lipinski definition) is 1. The summed E-state index contributed by atoms with van der Waals surface area (Å²) in [6.07, 6.45) is 1.58. The monoisotopic (exact) mass is 349 g/mol. The van der Waals surface area contributed by atoms with Gasteiger partial charge in [0.25, 0.3) is 0 Å². The Labute approximate surface area is 148 Å². The van der Waals surface area contributed by atoms with Crippen LogP contribution in [-0.2, 0) is 11.3 Å². The van der Waals surface area contributed by atoms with Crippen molar-refractivity contribution in [1.82, 2.24) is 15.1 Å². The van der Waals surface area contributed by atoms with E-state index in [4.69, 9.17) is 14.0 Å². The Bertz CT molecular complexity index is 1050. The fourth-order valence-electron chi connectivity index (χ4n) is 2.56. The van der Waals surface area contributed by atoms with Crippen LogP contribution >= 0.6 is 0 Å². The van der Waals surface area contributed by atoms with Gasteiger partial charge in [0.05, 0.1) is 30.0 Å². The first kappa shape index (κ1) is 15.9. The molecule has 130 valence electrons. The highest BCUT2D eigenvalue weighted by Crippen LogP contribution is 2.23. The molecule has 0 aliphatic heterocycles. The van der Waals surface area contributed by atoms with Gasteiger partial charge in [-0.15, -0.1) is 0 Å². The summed E-state index contributed by atoms with van der Waals surface area (Å²) in [7, 11) is 1.61. The normalized spacial score (nSPS) is 10.8. The second-order valence-corrected chi connectivity index (χ2v) is 5.62. The molecule has 0 amide bonds. The van der Waals surface area contributed by atoms with E-state index in [1.54, 1.807) is 37.7 Å². The second kappa shape index (κ2) is 6.72. The van der Waals surface area contributed by atoms with E-state index < -0.39 is 5.97 Å².